The molecule has 0 spiro atoms. The van der Waals surface area contributed by atoms with E-state index in [1.165, 1.54) is 6.07 Å². The SMILES string of the molecule is C#Cc1c(F)ccc2cccc(-c3nc4c5c(nc(OCC67CCCN6[C@H](CO)CC7)nc5c3F)N3CCCOC[C@@H]3CC4)c12. The van der Waals surface area contributed by atoms with Crippen molar-refractivity contribution in [3.63, 3.8) is 0 Å². The molecule has 2 aromatic carbocycles. The molecule has 45 heavy (non-hydrogen) atoms. The average Bonchev–Trinajstić information content (AvgIpc) is 3.48. The highest BCUT2D eigenvalue weighted by atomic mass is 19.1. The van der Waals surface area contributed by atoms with Gasteiger partial charge in [-0.15, -0.1) is 6.42 Å². The maximum absolute atomic E-state index is 17.0. The van der Waals surface area contributed by atoms with Crippen LogP contribution in [-0.4, -0.2) is 82.1 Å². The van der Waals surface area contributed by atoms with Crippen LogP contribution in [-0.2, 0) is 11.2 Å². The minimum Gasteiger partial charge on any atom is -0.461 e. The highest BCUT2D eigenvalue weighted by Gasteiger charge is 2.49. The van der Waals surface area contributed by atoms with E-state index in [2.05, 4.69) is 15.7 Å². The fourth-order valence-corrected chi connectivity index (χ4v) is 8.18. The number of pyridine rings is 1. The Kier molecular flexibility index (Phi) is 7.08. The van der Waals surface area contributed by atoms with Crippen LogP contribution in [0.25, 0.3) is 32.9 Å². The fraction of sp³-hybridized carbons (Fsp3) is 0.457. The molecule has 4 aromatic rings. The van der Waals surface area contributed by atoms with Crippen LogP contribution < -0.4 is 9.64 Å². The Hall–Kier alpha value is -3.91. The molecular formula is C35H35F2N5O3. The molecule has 1 N–H and O–H groups in total. The first-order chi connectivity index (χ1) is 22.0. The van der Waals surface area contributed by atoms with Gasteiger partial charge in [-0.2, -0.15) is 9.97 Å². The average molecular weight is 612 g/mol. The van der Waals surface area contributed by atoms with E-state index < -0.39 is 11.6 Å². The monoisotopic (exact) mass is 611 g/mol. The Balaban J connectivity index is 1.31. The number of hydrogen-bond acceptors (Lipinski definition) is 8. The third-order valence-corrected chi connectivity index (χ3v) is 10.4. The summed E-state index contributed by atoms with van der Waals surface area (Å²) in [6.07, 6.45) is 11.7. The van der Waals surface area contributed by atoms with Gasteiger partial charge in [0, 0.05) is 30.1 Å². The van der Waals surface area contributed by atoms with E-state index in [9.17, 15) is 9.50 Å². The summed E-state index contributed by atoms with van der Waals surface area (Å²) in [7, 11) is 0. The van der Waals surface area contributed by atoms with Crippen molar-refractivity contribution in [2.45, 2.75) is 62.6 Å². The van der Waals surface area contributed by atoms with Crippen molar-refractivity contribution in [1.29, 1.82) is 0 Å². The summed E-state index contributed by atoms with van der Waals surface area (Å²) in [5.41, 5.74) is 1.21. The number of rotatable bonds is 5. The maximum atomic E-state index is 17.0. The van der Waals surface area contributed by atoms with Crippen LogP contribution in [0.1, 0.15) is 49.8 Å². The molecule has 3 saturated heterocycles. The van der Waals surface area contributed by atoms with Gasteiger partial charge in [-0.25, -0.2) is 13.8 Å². The van der Waals surface area contributed by atoms with Crippen LogP contribution in [0.15, 0.2) is 30.3 Å². The first-order valence-electron chi connectivity index (χ1n) is 15.9. The standard InChI is InChI=1S/C35H35F2N5O3/c1-2-24-26(36)10-8-21-6-3-7-25(28(21)24)31-30(37)32-29-27(38-31)11-9-23-19-44-17-5-15-41(23)33(29)40-34(39-32)45-20-35-13-4-16-42(35)22(18-43)12-14-35/h1,3,6-8,10,22-23,43H,4-5,9,11-20H2/t22-,23-,35?/m0/s1. The second kappa shape index (κ2) is 11.2. The minimum absolute atomic E-state index is 0.0444. The zero-order valence-corrected chi connectivity index (χ0v) is 25.1. The minimum atomic E-state index is -0.617. The molecule has 10 heteroatoms. The number of fused-ring (bicyclic) bond motifs is 4. The van der Waals surface area contributed by atoms with Gasteiger partial charge < -0.3 is 19.5 Å². The lowest BCUT2D eigenvalue weighted by atomic mass is 9.95. The molecule has 0 radical (unpaired) electrons. The summed E-state index contributed by atoms with van der Waals surface area (Å²) in [6, 6.07) is 8.63. The second-order valence-electron chi connectivity index (χ2n) is 12.7. The number of anilines is 1. The van der Waals surface area contributed by atoms with Crippen molar-refractivity contribution in [3.8, 4) is 29.6 Å². The molecule has 0 aliphatic carbocycles. The molecule has 232 valence electrons. The summed E-state index contributed by atoms with van der Waals surface area (Å²) >= 11 is 0. The van der Waals surface area contributed by atoms with Crippen molar-refractivity contribution < 1.29 is 23.4 Å². The van der Waals surface area contributed by atoms with Crippen LogP contribution >= 0.6 is 0 Å². The number of aliphatic hydroxyl groups excluding tert-OH is 1. The molecule has 6 heterocycles. The maximum Gasteiger partial charge on any atom is 0.319 e. The smallest absolute Gasteiger partial charge is 0.319 e. The molecule has 4 aliphatic heterocycles. The summed E-state index contributed by atoms with van der Waals surface area (Å²) in [4.78, 5) is 19.2. The van der Waals surface area contributed by atoms with Gasteiger partial charge in [0.25, 0.3) is 0 Å². The highest BCUT2D eigenvalue weighted by molar-refractivity contribution is 6.02. The molecule has 0 bridgehead atoms. The number of hydrogen-bond donors (Lipinski definition) is 1. The van der Waals surface area contributed by atoms with E-state index in [1.54, 1.807) is 18.2 Å². The normalized spacial score (nSPS) is 24.7. The van der Waals surface area contributed by atoms with Crippen molar-refractivity contribution >= 4 is 27.5 Å². The Morgan fingerprint density at radius 2 is 1.98 bits per heavy atom. The predicted molar refractivity (Wildman–Crippen MR) is 167 cm³/mol. The van der Waals surface area contributed by atoms with Gasteiger partial charge in [0.05, 0.1) is 41.4 Å². The van der Waals surface area contributed by atoms with E-state index in [1.807, 2.05) is 6.07 Å². The number of aromatic nitrogens is 3. The van der Waals surface area contributed by atoms with E-state index in [0.29, 0.717) is 66.0 Å². The highest BCUT2D eigenvalue weighted by Crippen LogP contribution is 2.44. The lowest BCUT2D eigenvalue weighted by Gasteiger charge is -2.34. The van der Waals surface area contributed by atoms with E-state index in [-0.39, 0.29) is 47.0 Å². The van der Waals surface area contributed by atoms with E-state index in [0.717, 1.165) is 45.1 Å². The van der Waals surface area contributed by atoms with Gasteiger partial charge in [0.2, 0.25) is 0 Å². The zero-order valence-electron chi connectivity index (χ0n) is 25.1. The summed E-state index contributed by atoms with van der Waals surface area (Å²) in [5.74, 6) is 1.93. The van der Waals surface area contributed by atoms with Gasteiger partial charge in [0.1, 0.15) is 29.5 Å². The molecule has 3 atom stereocenters. The summed E-state index contributed by atoms with van der Waals surface area (Å²) in [5, 5.41) is 11.7. The van der Waals surface area contributed by atoms with Gasteiger partial charge >= 0.3 is 6.01 Å². The Bertz CT molecular complexity index is 1860. The van der Waals surface area contributed by atoms with Crippen LogP contribution in [0.5, 0.6) is 6.01 Å². The number of aliphatic hydroxyl groups is 1. The summed E-state index contributed by atoms with van der Waals surface area (Å²) in [6.45, 7) is 3.32. The number of terminal acetylenes is 1. The quantitative estimate of drug-likeness (QED) is 0.316. The number of benzene rings is 2. The lowest BCUT2D eigenvalue weighted by molar-refractivity contribution is 0.0644. The largest absolute Gasteiger partial charge is 0.461 e. The van der Waals surface area contributed by atoms with Crippen molar-refractivity contribution in [3.05, 3.63) is 53.2 Å². The molecule has 3 fully saturated rings. The van der Waals surface area contributed by atoms with Crippen LogP contribution in [0.2, 0.25) is 0 Å². The Morgan fingerprint density at radius 3 is 2.84 bits per heavy atom. The first-order valence-corrected chi connectivity index (χ1v) is 15.9. The number of nitrogens with zero attached hydrogens (tertiary/aromatic N) is 5. The molecule has 4 aliphatic rings. The molecule has 2 aromatic heterocycles. The molecule has 0 saturated carbocycles. The van der Waals surface area contributed by atoms with Crippen molar-refractivity contribution in [1.82, 2.24) is 19.9 Å². The molecule has 1 unspecified atom stereocenters. The van der Waals surface area contributed by atoms with E-state index >= 15 is 4.39 Å². The lowest BCUT2D eigenvalue weighted by Crippen LogP contribution is -2.47. The molecule has 0 amide bonds. The van der Waals surface area contributed by atoms with Crippen LogP contribution in [0, 0.1) is 24.0 Å². The zero-order chi connectivity index (χ0) is 30.7. The topological polar surface area (TPSA) is 83.8 Å². The van der Waals surface area contributed by atoms with Crippen molar-refractivity contribution in [2.24, 2.45) is 0 Å². The fourth-order valence-electron chi connectivity index (χ4n) is 8.18. The molecule has 8 rings (SSSR count). The van der Waals surface area contributed by atoms with Gasteiger partial charge in [0.15, 0.2) is 5.82 Å². The predicted octanol–water partition coefficient (Wildman–Crippen LogP) is 5.01. The molecule has 8 nitrogen and oxygen atoms in total. The summed E-state index contributed by atoms with van der Waals surface area (Å²) < 4.78 is 44.2. The van der Waals surface area contributed by atoms with Gasteiger partial charge in [-0.1, -0.05) is 30.2 Å². The number of ether oxygens (including phenoxy) is 2. The van der Waals surface area contributed by atoms with Crippen molar-refractivity contribution in [2.75, 3.05) is 44.4 Å². The van der Waals surface area contributed by atoms with Gasteiger partial charge in [-0.3, -0.25) is 4.90 Å². The Labute approximate surface area is 260 Å². The van der Waals surface area contributed by atoms with Gasteiger partial charge in [-0.05, 0) is 62.9 Å². The third kappa shape index (κ3) is 4.55. The Morgan fingerprint density at radius 1 is 1.07 bits per heavy atom. The third-order valence-electron chi connectivity index (χ3n) is 10.4. The van der Waals surface area contributed by atoms with Crippen LogP contribution in [0.4, 0.5) is 14.6 Å². The van der Waals surface area contributed by atoms with E-state index in [4.69, 9.17) is 30.8 Å². The second-order valence-corrected chi connectivity index (χ2v) is 12.7. The number of aryl methyl sites for hydroxylation is 1. The van der Waals surface area contributed by atoms with Crippen LogP contribution in [0.3, 0.4) is 0 Å². The first kappa shape index (κ1) is 28.6. The number of halogens is 2. The molecular weight excluding hydrogens is 576 g/mol.